The standard InChI is InChI=1S/C22H34N4O3S2/c1-6-25(7-2)31(28,29)18-9-10-20-19(15-18)23-22(26(20)8-3)30-17(5)21(27)24-13-11-16(4)12-14-24/h9-10,15-17H,6-8,11-14H2,1-5H3. The van der Waals surface area contributed by atoms with Crippen LogP contribution in [0.25, 0.3) is 11.0 Å². The summed E-state index contributed by atoms with van der Waals surface area (Å²) in [5.41, 5.74) is 1.53. The van der Waals surface area contributed by atoms with Crippen molar-refractivity contribution in [1.29, 1.82) is 0 Å². The molecule has 1 aliphatic heterocycles. The smallest absolute Gasteiger partial charge is 0.243 e. The molecule has 0 radical (unpaired) electrons. The average Bonchev–Trinajstić information content (AvgIpc) is 3.10. The molecule has 1 unspecified atom stereocenters. The molecule has 7 nitrogen and oxygen atoms in total. The Morgan fingerprint density at radius 1 is 1.23 bits per heavy atom. The molecule has 0 spiro atoms. The van der Waals surface area contributed by atoms with Gasteiger partial charge in [-0.2, -0.15) is 4.31 Å². The van der Waals surface area contributed by atoms with Gasteiger partial charge in [-0.05, 0) is 50.8 Å². The lowest BCUT2D eigenvalue weighted by Gasteiger charge is -2.32. The number of amides is 1. The van der Waals surface area contributed by atoms with E-state index in [1.165, 1.54) is 16.1 Å². The molecule has 1 aromatic heterocycles. The van der Waals surface area contributed by atoms with Crippen LogP contribution in [0.5, 0.6) is 0 Å². The Morgan fingerprint density at radius 3 is 2.45 bits per heavy atom. The largest absolute Gasteiger partial charge is 0.342 e. The topological polar surface area (TPSA) is 75.5 Å². The fourth-order valence-electron chi connectivity index (χ4n) is 4.05. The molecule has 9 heteroatoms. The summed E-state index contributed by atoms with van der Waals surface area (Å²) in [7, 11) is -3.54. The number of thioether (sulfide) groups is 1. The van der Waals surface area contributed by atoms with Crippen LogP contribution in [-0.2, 0) is 21.4 Å². The van der Waals surface area contributed by atoms with Crippen molar-refractivity contribution in [3.63, 3.8) is 0 Å². The first-order chi connectivity index (χ1) is 14.7. The van der Waals surface area contributed by atoms with Crippen molar-refractivity contribution in [1.82, 2.24) is 18.8 Å². The lowest BCUT2D eigenvalue weighted by atomic mass is 9.99. The molecule has 2 heterocycles. The summed E-state index contributed by atoms with van der Waals surface area (Å²) >= 11 is 1.45. The van der Waals surface area contributed by atoms with Gasteiger partial charge in [-0.15, -0.1) is 0 Å². The molecule has 0 saturated carbocycles. The lowest BCUT2D eigenvalue weighted by Crippen LogP contribution is -2.41. The van der Waals surface area contributed by atoms with E-state index in [0.29, 0.717) is 31.1 Å². The molecule has 1 fully saturated rings. The van der Waals surface area contributed by atoms with Crippen molar-refractivity contribution in [2.24, 2.45) is 5.92 Å². The number of fused-ring (bicyclic) bond motifs is 1. The number of benzene rings is 1. The van der Waals surface area contributed by atoms with E-state index < -0.39 is 10.0 Å². The normalized spacial score (nSPS) is 16.9. The minimum Gasteiger partial charge on any atom is -0.342 e. The number of hydrogen-bond acceptors (Lipinski definition) is 5. The van der Waals surface area contributed by atoms with E-state index in [9.17, 15) is 13.2 Å². The van der Waals surface area contributed by atoms with Crippen LogP contribution in [0.2, 0.25) is 0 Å². The summed E-state index contributed by atoms with van der Waals surface area (Å²) in [4.78, 5) is 19.9. The Balaban J connectivity index is 1.86. The summed E-state index contributed by atoms with van der Waals surface area (Å²) in [6.45, 7) is 13.1. The van der Waals surface area contributed by atoms with Gasteiger partial charge in [0.05, 0.1) is 21.2 Å². The molecule has 3 rings (SSSR count). The van der Waals surface area contributed by atoms with E-state index in [1.807, 2.05) is 38.7 Å². The summed E-state index contributed by atoms with van der Waals surface area (Å²) in [5, 5.41) is 0.510. The highest BCUT2D eigenvalue weighted by atomic mass is 32.2. The predicted octanol–water partition coefficient (Wildman–Crippen LogP) is 3.83. The molecular weight excluding hydrogens is 432 g/mol. The fraction of sp³-hybridized carbons (Fsp3) is 0.636. The first kappa shape index (κ1) is 24.1. The quantitative estimate of drug-likeness (QED) is 0.553. The van der Waals surface area contributed by atoms with Crippen molar-refractivity contribution >= 4 is 38.7 Å². The second-order valence-electron chi connectivity index (χ2n) is 8.15. The van der Waals surface area contributed by atoms with Gasteiger partial charge < -0.3 is 9.47 Å². The Hall–Kier alpha value is -1.58. The van der Waals surface area contributed by atoms with Crippen LogP contribution in [-0.4, -0.2) is 64.5 Å². The maximum atomic E-state index is 12.9. The van der Waals surface area contributed by atoms with Gasteiger partial charge in [0.2, 0.25) is 15.9 Å². The van der Waals surface area contributed by atoms with E-state index in [-0.39, 0.29) is 16.1 Å². The molecule has 1 amide bonds. The minimum absolute atomic E-state index is 0.149. The number of piperidine rings is 1. The number of rotatable bonds is 8. The second kappa shape index (κ2) is 9.92. The first-order valence-corrected chi connectivity index (χ1v) is 13.5. The van der Waals surface area contributed by atoms with Gasteiger partial charge in [-0.25, -0.2) is 13.4 Å². The maximum absolute atomic E-state index is 12.9. The molecule has 0 bridgehead atoms. The van der Waals surface area contributed by atoms with E-state index in [2.05, 4.69) is 11.5 Å². The number of sulfonamides is 1. The number of hydrogen-bond donors (Lipinski definition) is 0. The van der Waals surface area contributed by atoms with Gasteiger partial charge >= 0.3 is 0 Å². The van der Waals surface area contributed by atoms with Crippen LogP contribution in [0.1, 0.15) is 47.5 Å². The van der Waals surface area contributed by atoms with Crippen LogP contribution >= 0.6 is 11.8 Å². The van der Waals surface area contributed by atoms with Gasteiger partial charge in [0, 0.05) is 32.7 Å². The summed E-state index contributed by atoms with van der Waals surface area (Å²) in [6, 6.07) is 5.13. The third-order valence-corrected chi connectivity index (χ3v) is 9.19. The molecule has 31 heavy (non-hydrogen) atoms. The van der Waals surface area contributed by atoms with E-state index >= 15 is 0 Å². The maximum Gasteiger partial charge on any atom is 0.243 e. The van der Waals surface area contributed by atoms with Crippen LogP contribution in [0, 0.1) is 5.92 Å². The van der Waals surface area contributed by atoms with Crippen LogP contribution in [0.3, 0.4) is 0 Å². The van der Waals surface area contributed by atoms with Crippen molar-refractivity contribution in [2.75, 3.05) is 26.2 Å². The van der Waals surface area contributed by atoms with Gasteiger partial charge in [0.15, 0.2) is 5.16 Å². The first-order valence-electron chi connectivity index (χ1n) is 11.2. The van der Waals surface area contributed by atoms with Crippen LogP contribution in [0.15, 0.2) is 28.3 Å². The Bertz CT molecular complexity index is 1020. The van der Waals surface area contributed by atoms with Crippen molar-refractivity contribution in [2.45, 2.75) is 69.3 Å². The number of nitrogens with zero attached hydrogens (tertiary/aromatic N) is 4. The molecular formula is C22H34N4O3S2. The highest BCUT2D eigenvalue weighted by Gasteiger charge is 2.27. The van der Waals surface area contributed by atoms with Gasteiger partial charge in [0.25, 0.3) is 0 Å². The highest BCUT2D eigenvalue weighted by molar-refractivity contribution is 8.00. The number of likely N-dealkylation sites (tertiary alicyclic amines) is 1. The lowest BCUT2D eigenvalue weighted by molar-refractivity contribution is -0.131. The summed E-state index contributed by atoms with van der Waals surface area (Å²) in [6.07, 6.45) is 2.11. The van der Waals surface area contributed by atoms with Gasteiger partial charge in [-0.3, -0.25) is 4.79 Å². The third-order valence-electron chi connectivity index (χ3n) is 6.07. The number of carbonyl (C=O) groups is 1. The fourth-order valence-corrected chi connectivity index (χ4v) is 6.60. The highest BCUT2D eigenvalue weighted by Crippen LogP contribution is 2.30. The Morgan fingerprint density at radius 2 is 1.87 bits per heavy atom. The molecule has 1 aromatic carbocycles. The molecule has 172 valence electrons. The zero-order valence-electron chi connectivity index (χ0n) is 19.2. The zero-order valence-corrected chi connectivity index (χ0v) is 20.8. The summed E-state index contributed by atoms with van der Waals surface area (Å²) in [5.74, 6) is 0.828. The Labute approximate surface area is 190 Å². The van der Waals surface area contributed by atoms with Gasteiger partial charge in [0.1, 0.15) is 0 Å². The average molecular weight is 467 g/mol. The molecule has 2 aromatic rings. The van der Waals surface area contributed by atoms with Crippen molar-refractivity contribution < 1.29 is 13.2 Å². The minimum atomic E-state index is -3.54. The van der Waals surface area contributed by atoms with Gasteiger partial charge in [-0.1, -0.05) is 32.5 Å². The number of carbonyl (C=O) groups excluding carboxylic acids is 1. The number of aromatic nitrogens is 2. The van der Waals surface area contributed by atoms with Crippen molar-refractivity contribution in [3.05, 3.63) is 18.2 Å². The van der Waals surface area contributed by atoms with Crippen LogP contribution in [0.4, 0.5) is 0 Å². The molecule has 0 aliphatic carbocycles. The molecule has 1 aliphatic rings. The van der Waals surface area contributed by atoms with E-state index in [0.717, 1.165) is 36.6 Å². The van der Waals surface area contributed by atoms with E-state index in [4.69, 9.17) is 4.98 Å². The monoisotopic (exact) mass is 466 g/mol. The van der Waals surface area contributed by atoms with Crippen molar-refractivity contribution in [3.8, 4) is 0 Å². The predicted molar refractivity (Wildman–Crippen MR) is 126 cm³/mol. The third kappa shape index (κ3) is 4.93. The Kier molecular flexibility index (Phi) is 7.70. The SMILES string of the molecule is CCN(CC)S(=O)(=O)c1ccc2c(c1)nc(SC(C)C(=O)N1CCC(C)CC1)n2CC. The van der Waals surface area contributed by atoms with Crippen LogP contribution < -0.4 is 0 Å². The molecule has 1 atom stereocenters. The van der Waals surface area contributed by atoms with E-state index in [1.54, 1.807) is 12.1 Å². The molecule has 1 saturated heterocycles. The number of imidazole rings is 1. The number of aryl methyl sites for hydroxylation is 1. The molecule has 0 N–H and O–H groups in total. The summed E-state index contributed by atoms with van der Waals surface area (Å²) < 4.78 is 29.3. The second-order valence-corrected chi connectivity index (χ2v) is 11.4. The zero-order chi connectivity index (χ0) is 22.8.